The Balaban J connectivity index is 2.32. The van der Waals surface area contributed by atoms with Crippen molar-refractivity contribution >= 4 is 0 Å². The number of hydrogen-bond donors (Lipinski definition) is 1. The Kier molecular flexibility index (Phi) is 7.01. The van der Waals surface area contributed by atoms with Crippen LogP contribution in [0.15, 0.2) is 17.1 Å². The van der Waals surface area contributed by atoms with E-state index in [1.54, 1.807) is 12.3 Å². The molecule has 8 nitrogen and oxygen atoms in total. The molecule has 0 saturated heterocycles. The van der Waals surface area contributed by atoms with Gasteiger partial charge in [0.2, 0.25) is 0 Å². The first-order valence-corrected chi connectivity index (χ1v) is 8.49. The summed E-state index contributed by atoms with van der Waals surface area (Å²) < 4.78 is 12.8. The van der Waals surface area contributed by atoms with Gasteiger partial charge in [-0.05, 0) is 12.8 Å². The van der Waals surface area contributed by atoms with Crippen LogP contribution >= 0.6 is 0 Å². The van der Waals surface area contributed by atoms with Gasteiger partial charge in [0.15, 0.2) is 17.3 Å². The van der Waals surface area contributed by atoms with Crippen LogP contribution in [0.4, 0.5) is 0 Å². The highest BCUT2D eigenvalue weighted by atomic mass is 16.5. The van der Waals surface area contributed by atoms with E-state index >= 15 is 0 Å². The van der Waals surface area contributed by atoms with Gasteiger partial charge in [0.05, 0.1) is 25.5 Å². The van der Waals surface area contributed by atoms with Crippen LogP contribution in [0.1, 0.15) is 39.5 Å². The summed E-state index contributed by atoms with van der Waals surface area (Å²) in [7, 11) is 0. The predicted octanol–water partition coefficient (Wildman–Crippen LogP) is 2.51. The fourth-order valence-corrected chi connectivity index (χ4v) is 2.15. The lowest BCUT2D eigenvalue weighted by molar-refractivity contribution is 0.261. The van der Waals surface area contributed by atoms with E-state index in [9.17, 15) is 4.79 Å². The first kappa shape index (κ1) is 18.5. The highest BCUT2D eigenvalue weighted by Crippen LogP contribution is 2.30. The zero-order valence-corrected chi connectivity index (χ0v) is 14.6. The molecule has 0 aromatic carbocycles. The standard InChI is InChI=1S/C17H23N5O3/c1-3-5-9-24-14-11-13(19-12-15(14)25-10-6-4-2)16-20-21-17(23)22(16)8-7-18/h11-12H,3-6,8-10H2,1-2H3,(H,21,23). The van der Waals surface area contributed by atoms with Crippen LogP contribution in [0, 0.1) is 11.3 Å². The molecular formula is C17H23N5O3. The van der Waals surface area contributed by atoms with E-state index in [2.05, 4.69) is 29.0 Å². The molecule has 2 heterocycles. The van der Waals surface area contributed by atoms with Crippen molar-refractivity contribution in [3.05, 3.63) is 22.7 Å². The molecule has 0 bridgehead atoms. The van der Waals surface area contributed by atoms with Crippen LogP contribution < -0.4 is 15.2 Å². The summed E-state index contributed by atoms with van der Waals surface area (Å²) >= 11 is 0. The Morgan fingerprint density at radius 2 is 1.88 bits per heavy atom. The molecule has 2 aromatic rings. The first-order valence-electron chi connectivity index (χ1n) is 8.49. The van der Waals surface area contributed by atoms with Gasteiger partial charge in [-0.15, -0.1) is 0 Å². The van der Waals surface area contributed by atoms with Gasteiger partial charge in [0, 0.05) is 6.07 Å². The van der Waals surface area contributed by atoms with E-state index < -0.39 is 5.69 Å². The number of pyridine rings is 1. The average molecular weight is 345 g/mol. The molecular weight excluding hydrogens is 322 g/mol. The third-order valence-electron chi connectivity index (χ3n) is 3.56. The lowest BCUT2D eigenvalue weighted by Gasteiger charge is -2.13. The van der Waals surface area contributed by atoms with Gasteiger partial charge in [-0.3, -0.25) is 4.57 Å². The quantitative estimate of drug-likeness (QED) is 0.663. The SMILES string of the molecule is CCCCOc1cnc(-c2n[nH]c(=O)n2CC#N)cc1OCCCC. The number of nitriles is 1. The molecule has 1 N–H and O–H groups in total. The number of rotatable bonds is 10. The molecule has 2 aromatic heterocycles. The Hall–Kier alpha value is -2.82. The minimum absolute atomic E-state index is 0.104. The van der Waals surface area contributed by atoms with Crippen molar-refractivity contribution in [3.63, 3.8) is 0 Å². The normalized spacial score (nSPS) is 10.4. The Morgan fingerprint density at radius 3 is 2.52 bits per heavy atom. The fourth-order valence-electron chi connectivity index (χ4n) is 2.15. The van der Waals surface area contributed by atoms with E-state index in [-0.39, 0.29) is 6.54 Å². The maximum Gasteiger partial charge on any atom is 0.344 e. The van der Waals surface area contributed by atoms with Gasteiger partial charge in [-0.1, -0.05) is 26.7 Å². The summed E-state index contributed by atoms with van der Waals surface area (Å²) in [6.45, 7) is 5.23. The van der Waals surface area contributed by atoms with Crippen LogP contribution in [0.3, 0.4) is 0 Å². The van der Waals surface area contributed by atoms with E-state index in [0.717, 1.165) is 25.7 Å². The monoisotopic (exact) mass is 345 g/mol. The second-order valence-electron chi connectivity index (χ2n) is 5.52. The zero-order valence-electron chi connectivity index (χ0n) is 14.6. The second kappa shape index (κ2) is 9.47. The number of H-pyrrole nitrogens is 1. The number of aromatic amines is 1. The van der Waals surface area contributed by atoms with Gasteiger partial charge >= 0.3 is 5.69 Å². The predicted molar refractivity (Wildman–Crippen MR) is 92.5 cm³/mol. The van der Waals surface area contributed by atoms with Gasteiger partial charge in [-0.2, -0.15) is 10.4 Å². The largest absolute Gasteiger partial charge is 0.490 e. The molecule has 0 unspecified atom stereocenters. The summed E-state index contributed by atoms with van der Waals surface area (Å²) in [4.78, 5) is 16.1. The highest BCUT2D eigenvalue weighted by molar-refractivity contribution is 5.55. The molecule has 0 fully saturated rings. The topological polar surface area (TPSA) is 106 Å². The molecule has 0 amide bonds. The molecule has 0 radical (unpaired) electrons. The number of unbranched alkanes of at least 4 members (excludes halogenated alkanes) is 2. The van der Waals surface area contributed by atoms with E-state index in [1.165, 1.54) is 4.57 Å². The number of nitrogens with zero attached hydrogens (tertiary/aromatic N) is 4. The zero-order chi connectivity index (χ0) is 18.1. The maximum atomic E-state index is 11.8. The molecule has 0 atom stereocenters. The minimum atomic E-state index is -0.449. The summed E-state index contributed by atoms with van der Waals surface area (Å²) in [6.07, 6.45) is 5.49. The van der Waals surface area contributed by atoms with Crippen molar-refractivity contribution in [2.75, 3.05) is 13.2 Å². The van der Waals surface area contributed by atoms with Crippen LogP contribution in [0.5, 0.6) is 11.5 Å². The first-order chi connectivity index (χ1) is 12.2. The van der Waals surface area contributed by atoms with Gasteiger partial charge in [-0.25, -0.2) is 14.9 Å². The number of aromatic nitrogens is 4. The van der Waals surface area contributed by atoms with Crippen molar-refractivity contribution in [2.45, 2.75) is 46.1 Å². The molecule has 0 spiro atoms. The number of nitrogens with one attached hydrogen (secondary N) is 1. The second-order valence-corrected chi connectivity index (χ2v) is 5.52. The minimum Gasteiger partial charge on any atom is -0.490 e. The number of hydrogen-bond acceptors (Lipinski definition) is 6. The molecule has 8 heteroatoms. The molecule has 0 aliphatic heterocycles. The number of ether oxygens (including phenoxy) is 2. The molecule has 0 aliphatic carbocycles. The van der Waals surface area contributed by atoms with Gasteiger partial charge in [0.25, 0.3) is 0 Å². The molecule has 0 saturated carbocycles. The third kappa shape index (κ3) is 4.83. The van der Waals surface area contributed by atoms with Crippen molar-refractivity contribution in [3.8, 4) is 29.1 Å². The summed E-state index contributed by atoms with van der Waals surface area (Å²) in [5.41, 5.74) is -0.00184. The lowest BCUT2D eigenvalue weighted by Crippen LogP contribution is -2.17. The molecule has 2 rings (SSSR count). The van der Waals surface area contributed by atoms with E-state index in [4.69, 9.17) is 14.7 Å². The van der Waals surface area contributed by atoms with Crippen LogP contribution in [0.2, 0.25) is 0 Å². The fraction of sp³-hybridized carbons (Fsp3) is 0.529. The van der Waals surface area contributed by atoms with Gasteiger partial charge < -0.3 is 9.47 Å². The highest BCUT2D eigenvalue weighted by Gasteiger charge is 2.15. The van der Waals surface area contributed by atoms with Crippen molar-refractivity contribution < 1.29 is 9.47 Å². The van der Waals surface area contributed by atoms with Crippen LogP contribution in [-0.2, 0) is 6.54 Å². The summed E-state index contributed by atoms with van der Waals surface area (Å²) in [5.74, 6) is 1.43. The molecule has 25 heavy (non-hydrogen) atoms. The summed E-state index contributed by atoms with van der Waals surface area (Å²) in [6, 6.07) is 3.64. The molecule has 134 valence electrons. The van der Waals surface area contributed by atoms with E-state index in [1.807, 2.05) is 6.07 Å². The smallest absolute Gasteiger partial charge is 0.344 e. The van der Waals surface area contributed by atoms with Crippen molar-refractivity contribution in [1.82, 2.24) is 19.7 Å². The van der Waals surface area contributed by atoms with Gasteiger partial charge in [0.1, 0.15) is 12.2 Å². The third-order valence-corrected chi connectivity index (χ3v) is 3.56. The summed E-state index contributed by atoms with van der Waals surface area (Å²) in [5, 5.41) is 15.2. The average Bonchev–Trinajstić information content (AvgIpc) is 2.98. The maximum absolute atomic E-state index is 11.8. The molecule has 0 aliphatic rings. The Morgan fingerprint density at radius 1 is 1.20 bits per heavy atom. The van der Waals surface area contributed by atoms with Crippen LogP contribution in [-0.4, -0.2) is 33.0 Å². The lowest BCUT2D eigenvalue weighted by atomic mass is 10.3. The van der Waals surface area contributed by atoms with Crippen molar-refractivity contribution in [1.29, 1.82) is 5.26 Å². The van der Waals surface area contributed by atoms with Crippen LogP contribution in [0.25, 0.3) is 11.5 Å². The van der Waals surface area contributed by atoms with E-state index in [0.29, 0.717) is 36.2 Å². The Labute approximate surface area is 146 Å². The Bertz CT molecular complexity index is 775. The van der Waals surface area contributed by atoms with Crippen molar-refractivity contribution in [2.24, 2.45) is 0 Å².